The predicted molar refractivity (Wildman–Crippen MR) is 65.1 cm³/mol. The van der Waals surface area contributed by atoms with Crippen LogP contribution in [0.25, 0.3) is 0 Å². The lowest BCUT2D eigenvalue weighted by molar-refractivity contribution is -0.144. The van der Waals surface area contributed by atoms with Crippen molar-refractivity contribution < 1.29 is 19.8 Å². The highest BCUT2D eigenvalue weighted by Crippen LogP contribution is 2.21. The van der Waals surface area contributed by atoms with Crippen molar-refractivity contribution in [1.29, 1.82) is 0 Å². The van der Waals surface area contributed by atoms with E-state index in [0.717, 1.165) is 0 Å². The molecule has 1 atom stereocenters. The quantitative estimate of drug-likeness (QED) is 0.555. The number of hydrogen-bond acceptors (Lipinski definition) is 2. The van der Waals surface area contributed by atoms with Crippen molar-refractivity contribution in [3.63, 3.8) is 0 Å². The Morgan fingerprint density at radius 3 is 2.00 bits per heavy atom. The van der Waals surface area contributed by atoms with Gasteiger partial charge in [0.2, 0.25) is 0 Å². The second-order valence-corrected chi connectivity index (χ2v) is 9.97. The molecule has 0 aliphatic heterocycles. The van der Waals surface area contributed by atoms with Gasteiger partial charge in [0, 0.05) is 5.57 Å². The summed E-state index contributed by atoms with van der Waals surface area (Å²) in [6, 6.07) is 0. The zero-order chi connectivity index (χ0) is 12.9. The van der Waals surface area contributed by atoms with Crippen LogP contribution in [0, 0.1) is 5.92 Å². The number of aliphatic carboxylic acids is 2. The van der Waals surface area contributed by atoms with Gasteiger partial charge < -0.3 is 10.2 Å². The summed E-state index contributed by atoms with van der Waals surface area (Å²) in [6.45, 7) is 7.81. The van der Waals surface area contributed by atoms with Gasteiger partial charge in [0.15, 0.2) is 0 Å². The maximum Gasteiger partial charge on any atom is 0.331 e. The molecule has 0 bridgehead atoms. The fourth-order valence-electron chi connectivity index (χ4n) is 1.48. The molecule has 5 heteroatoms. The van der Waals surface area contributed by atoms with Crippen molar-refractivity contribution in [1.82, 2.24) is 0 Å². The first-order valence-electron chi connectivity index (χ1n) is 5.38. The molecule has 4 nitrogen and oxygen atoms in total. The van der Waals surface area contributed by atoms with Crippen molar-refractivity contribution >= 4 is 20.0 Å². The second-order valence-electron chi connectivity index (χ2n) is 4.95. The van der Waals surface area contributed by atoms with E-state index in [1.807, 2.05) is 26.6 Å². The molecule has 0 radical (unpaired) electrons. The van der Waals surface area contributed by atoms with E-state index < -0.39 is 25.9 Å². The van der Waals surface area contributed by atoms with Crippen LogP contribution in [-0.4, -0.2) is 30.2 Å². The Bertz CT molecular complexity index is 302. The number of carboxylic acid groups (broad SMARTS) is 2. The molecule has 0 amide bonds. The maximum absolute atomic E-state index is 11.1. The highest BCUT2D eigenvalue weighted by molar-refractivity contribution is 6.81. The Labute approximate surface area is 97.0 Å². The predicted octanol–water partition coefficient (Wildman–Crippen LogP) is 2.38. The van der Waals surface area contributed by atoms with Gasteiger partial charge in [-0.05, 0) is 6.42 Å². The Kier molecular flexibility index (Phi) is 5.44. The second kappa shape index (κ2) is 5.84. The molecule has 0 aromatic carbocycles. The van der Waals surface area contributed by atoms with Crippen molar-refractivity contribution in [2.45, 2.75) is 39.4 Å². The topological polar surface area (TPSA) is 74.6 Å². The van der Waals surface area contributed by atoms with Gasteiger partial charge in [-0.3, -0.25) is 4.79 Å². The zero-order valence-corrected chi connectivity index (χ0v) is 11.3. The molecule has 0 fully saturated rings. The highest BCUT2D eigenvalue weighted by Gasteiger charge is 2.28. The normalized spacial score (nSPS) is 14.6. The Hall–Kier alpha value is -1.10. The summed E-state index contributed by atoms with van der Waals surface area (Å²) in [5, 5.41) is 18.1. The van der Waals surface area contributed by atoms with Crippen molar-refractivity contribution in [3.8, 4) is 0 Å². The van der Waals surface area contributed by atoms with Crippen LogP contribution in [0.2, 0.25) is 19.6 Å². The van der Waals surface area contributed by atoms with Crippen LogP contribution in [0.1, 0.15) is 19.8 Å². The molecule has 0 saturated heterocycles. The minimum Gasteiger partial charge on any atom is -0.481 e. The van der Waals surface area contributed by atoms with E-state index in [1.54, 1.807) is 5.70 Å². The lowest BCUT2D eigenvalue weighted by atomic mass is 9.96. The van der Waals surface area contributed by atoms with E-state index >= 15 is 0 Å². The number of hydrogen-bond donors (Lipinski definition) is 2. The van der Waals surface area contributed by atoms with Crippen LogP contribution < -0.4 is 0 Å². The molecule has 0 heterocycles. The number of carbonyl (C=O) groups is 2. The summed E-state index contributed by atoms with van der Waals surface area (Å²) in [6.07, 6.45) is 1.03. The summed E-state index contributed by atoms with van der Waals surface area (Å²) in [5.41, 5.74) is 1.72. The van der Waals surface area contributed by atoms with Gasteiger partial charge in [0.1, 0.15) is 0 Å². The third kappa shape index (κ3) is 5.11. The van der Waals surface area contributed by atoms with E-state index in [0.29, 0.717) is 12.8 Å². The minimum atomic E-state index is -1.73. The molecular formula is C11H20O4Si. The fraction of sp³-hybridized carbons (Fsp3) is 0.636. The van der Waals surface area contributed by atoms with Crippen LogP contribution in [0.4, 0.5) is 0 Å². The molecular weight excluding hydrogens is 224 g/mol. The molecule has 0 aliphatic rings. The Balaban J connectivity index is 5.24. The summed E-state index contributed by atoms with van der Waals surface area (Å²) in [7, 11) is -1.73. The molecule has 0 saturated carbocycles. The monoisotopic (exact) mass is 244 g/mol. The van der Waals surface area contributed by atoms with Crippen LogP contribution in [0.5, 0.6) is 0 Å². The van der Waals surface area contributed by atoms with Gasteiger partial charge >= 0.3 is 11.9 Å². The molecule has 2 N–H and O–H groups in total. The van der Waals surface area contributed by atoms with Gasteiger partial charge in [-0.1, -0.05) is 38.7 Å². The molecule has 0 rings (SSSR count). The average molecular weight is 244 g/mol. The Morgan fingerprint density at radius 1 is 1.25 bits per heavy atom. The molecule has 1 unspecified atom stereocenters. The van der Waals surface area contributed by atoms with Gasteiger partial charge in [-0.15, -0.1) is 0 Å². The summed E-state index contributed by atoms with van der Waals surface area (Å²) in [5.74, 6) is -3.04. The summed E-state index contributed by atoms with van der Waals surface area (Å²) < 4.78 is 0. The molecule has 0 aliphatic carbocycles. The van der Waals surface area contributed by atoms with E-state index in [1.165, 1.54) is 0 Å². The fourth-order valence-corrected chi connectivity index (χ4v) is 2.74. The number of carboxylic acids is 2. The molecule has 0 aromatic rings. The van der Waals surface area contributed by atoms with Crippen molar-refractivity contribution in [3.05, 3.63) is 11.3 Å². The molecule has 16 heavy (non-hydrogen) atoms. The summed E-state index contributed by atoms with van der Waals surface area (Å²) >= 11 is 0. The Morgan fingerprint density at radius 2 is 1.75 bits per heavy atom. The largest absolute Gasteiger partial charge is 0.481 e. The summed E-state index contributed by atoms with van der Waals surface area (Å²) in [4.78, 5) is 22.1. The third-order valence-corrected chi connectivity index (χ3v) is 3.26. The van der Waals surface area contributed by atoms with Crippen LogP contribution in [0.15, 0.2) is 11.3 Å². The number of rotatable bonds is 6. The average Bonchev–Trinajstić information content (AvgIpc) is 2.08. The van der Waals surface area contributed by atoms with E-state index in [-0.39, 0.29) is 5.57 Å². The van der Waals surface area contributed by atoms with Crippen molar-refractivity contribution in [2.75, 3.05) is 0 Å². The smallest absolute Gasteiger partial charge is 0.331 e. The molecule has 0 spiro atoms. The van der Waals surface area contributed by atoms with E-state index in [2.05, 4.69) is 0 Å². The third-order valence-electron chi connectivity index (χ3n) is 2.09. The highest BCUT2D eigenvalue weighted by atomic mass is 28.3. The molecule has 92 valence electrons. The first-order valence-corrected chi connectivity index (χ1v) is 8.95. The first-order chi connectivity index (χ1) is 7.19. The standard InChI is InChI=1S/C11H20O4Si/c1-5-6-8(10(12)13)9(11(14)15)7-16(2,3)4/h7-8H,5-6H2,1-4H3,(H,12,13)(H,14,15)/b9-7-. The SMILES string of the molecule is CCCC(C(=O)O)/C(=C/[Si](C)(C)C)C(=O)O. The van der Waals surface area contributed by atoms with Gasteiger partial charge in [0.25, 0.3) is 0 Å². The van der Waals surface area contributed by atoms with Crippen molar-refractivity contribution in [2.24, 2.45) is 5.92 Å². The van der Waals surface area contributed by atoms with Crippen LogP contribution in [-0.2, 0) is 9.59 Å². The maximum atomic E-state index is 11.1. The zero-order valence-electron chi connectivity index (χ0n) is 10.3. The van der Waals surface area contributed by atoms with Crippen LogP contribution in [0.3, 0.4) is 0 Å². The lowest BCUT2D eigenvalue weighted by Crippen LogP contribution is -2.26. The van der Waals surface area contributed by atoms with Crippen LogP contribution >= 0.6 is 0 Å². The van der Waals surface area contributed by atoms with Gasteiger partial charge in [-0.25, -0.2) is 4.79 Å². The van der Waals surface area contributed by atoms with E-state index in [4.69, 9.17) is 10.2 Å². The van der Waals surface area contributed by atoms with E-state index in [9.17, 15) is 9.59 Å². The van der Waals surface area contributed by atoms with Gasteiger partial charge in [0.05, 0.1) is 14.0 Å². The first kappa shape index (κ1) is 14.9. The molecule has 0 aromatic heterocycles. The lowest BCUT2D eigenvalue weighted by Gasteiger charge is -2.17. The minimum absolute atomic E-state index is 0.0496. The van der Waals surface area contributed by atoms with Gasteiger partial charge in [-0.2, -0.15) is 0 Å².